The predicted octanol–water partition coefficient (Wildman–Crippen LogP) is 1.35. The van der Waals surface area contributed by atoms with E-state index >= 15 is 0 Å². The summed E-state index contributed by atoms with van der Waals surface area (Å²) in [7, 11) is 1.81. The molecule has 1 amide bonds. The minimum absolute atomic E-state index is 0. The SMILES string of the molecule is Cc1cc(C(=O)N2CCCC(C(C)N)C2)n(C)n1.Cl. The third-order valence-corrected chi connectivity index (χ3v) is 3.71. The minimum atomic E-state index is 0. The van der Waals surface area contributed by atoms with Crippen molar-refractivity contribution >= 4 is 18.3 Å². The Morgan fingerprint density at radius 3 is 2.79 bits per heavy atom. The zero-order valence-electron chi connectivity index (χ0n) is 11.8. The average molecular weight is 287 g/mol. The highest BCUT2D eigenvalue weighted by molar-refractivity contribution is 5.92. The van der Waals surface area contributed by atoms with Crippen molar-refractivity contribution in [2.45, 2.75) is 32.7 Å². The van der Waals surface area contributed by atoms with Crippen LogP contribution in [0.25, 0.3) is 0 Å². The summed E-state index contributed by atoms with van der Waals surface area (Å²) in [6, 6.07) is 1.99. The first-order valence-corrected chi connectivity index (χ1v) is 6.54. The number of nitrogens with zero attached hydrogens (tertiary/aromatic N) is 3. The molecule has 2 heterocycles. The van der Waals surface area contributed by atoms with Crippen molar-refractivity contribution in [3.63, 3.8) is 0 Å². The van der Waals surface area contributed by atoms with E-state index in [0.717, 1.165) is 31.6 Å². The Kier molecular flexibility index (Phi) is 5.38. The highest BCUT2D eigenvalue weighted by Crippen LogP contribution is 2.20. The Balaban J connectivity index is 0.00000180. The molecular weight excluding hydrogens is 264 g/mol. The number of hydrogen-bond acceptors (Lipinski definition) is 3. The van der Waals surface area contributed by atoms with E-state index in [1.54, 1.807) is 4.68 Å². The van der Waals surface area contributed by atoms with Crippen LogP contribution in [0.4, 0.5) is 0 Å². The van der Waals surface area contributed by atoms with Crippen molar-refractivity contribution < 1.29 is 4.79 Å². The second-order valence-electron chi connectivity index (χ2n) is 5.31. The fraction of sp³-hybridized carbons (Fsp3) is 0.692. The predicted molar refractivity (Wildman–Crippen MR) is 77.5 cm³/mol. The number of rotatable bonds is 2. The maximum Gasteiger partial charge on any atom is 0.272 e. The Morgan fingerprint density at radius 1 is 1.58 bits per heavy atom. The molecule has 0 aliphatic carbocycles. The summed E-state index contributed by atoms with van der Waals surface area (Å²) in [6.45, 7) is 5.51. The van der Waals surface area contributed by atoms with Crippen molar-refractivity contribution in [2.24, 2.45) is 18.7 Å². The van der Waals surface area contributed by atoms with Gasteiger partial charge in [-0.1, -0.05) is 0 Å². The molecular formula is C13H23ClN4O. The Morgan fingerprint density at radius 2 is 2.26 bits per heavy atom. The summed E-state index contributed by atoms with van der Waals surface area (Å²) in [5.41, 5.74) is 7.49. The van der Waals surface area contributed by atoms with Crippen LogP contribution < -0.4 is 5.73 Å². The van der Waals surface area contributed by atoms with Gasteiger partial charge >= 0.3 is 0 Å². The lowest BCUT2D eigenvalue weighted by molar-refractivity contribution is 0.0650. The van der Waals surface area contributed by atoms with Gasteiger partial charge in [-0.25, -0.2) is 0 Å². The molecule has 1 aliphatic heterocycles. The highest BCUT2D eigenvalue weighted by Gasteiger charge is 2.27. The molecule has 19 heavy (non-hydrogen) atoms. The molecule has 2 unspecified atom stereocenters. The fourth-order valence-corrected chi connectivity index (χ4v) is 2.60. The van der Waals surface area contributed by atoms with E-state index in [-0.39, 0.29) is 24.4 Å². The summed E-state index contributed by atoms with van der Waals surface area (Å²) in [4.78, 5) is 14.3. The molecule has 1 aromatic rings. The zero-order chi connectivity index (χ0) is 13.3. The number of halogens is 1. The molecule has 0 radical (unpaired) electrons. The third-order valence-electron chi connectivity index (χ3n) is 3.71. The lowest BCUT2D eigenvalue weighted by atomic mass is 9.92. The summed E-state index contributed by atoms with van der Waals surface area (Å²) in [6.07, 6.45) is 2.15. The molecule has 2 atom stereocenters. The summed E-state index contributed by atoms with van der Waals surface area (Å²) in [5.74, 6) is 0.487. The lowest BCUT2D eigenvalue weighted by Gasteiger charge is -2.34. The van der Waals surface area contributed by atoms with E-state index in [9.17, 15) is 4.79 Å². The van der Waals surface area contributed by atoms with Crippen LogP contribution in [-0.4, -0.2) is 39.7 Å². The normalized spacial score (nSPS) is 20.8. The van der Waals surface area contributed by atoms with Gasteiger partial charge in [-0.05, 0) is 38.7 Å². The van der Waals surface area contributed by atoms with E-state index < -0.39 is 0 Å². The van der Waals surface area contributed by atoms with E-state index in [1.807, 2.05) is 31.9 Å². The van der Waals surface area contributed by atoms with Gasteiger partial charge in [0, 0.05) is 26.2 Å². The molecule has 1 aromatic heterocycles. The molecule has 108 valence electrons. The molecule has 5 nitrogen and oxygen atoms in total. The average Bonchev–Trinajstić information content (AvgIpc) is 2.67. The van der Waals surface area contributed by atoms with Crippen LogP contribution in [0.1, 0.15) is 35.9 Å². The number of carbonyl (C=O) groups excluding carboxylic acids is 1. The number of likely N-dealkylation sites (tertiary alicyclic amines) is 1. The maximum atomic E-state index is 12.4. The van der Waals surface area contributed by atoms with Crippen LogP contribution in [0.2, 0.25) is 0 Å². The smallest absolute Gasteiger partial charge is 0.272 e. The van der Waals surface area contributed by atoms with Crippen LogP contribution in [-0.2, 0) is 7.05 Å². The van der Waals surface area contributed by atoms with E-state index in [0.29, 0.717) is 11.6 Å². The zero-order valence-corrected chi connectivity index (χ0v) is 12.6. The highest BCUT2D eigenvalue weighted by atomic mass is 35.5. The molecule has 0 saturated carbocycles. The number of aromatic nitrogens is 2. The fourth-order valence-electron chi connectivity index (χ4n) is 2.60. The van der Waals surface area contributed by atoms with E-state index in [1.165, 1.54) is 0 Å². The summed E-state index contributed by atoms with van der Waals surface area (Å²) in [5, 5.41) is 4.23. The number of carbonyl (C=O) groups is 1. The van der Waals surface area contributed by atoms with Gasteiger partial charge in [0.25, 0.3) is 5.91 Å². The molecule has 2 N–H and O–H groups in total. The van der Waals surface area contributed by atoms with Gasteiger partial charge in [0.15, 0.2) is 0 Å². The van der Waals surface area contributed by atoms with Gasteiger partial charge < -0.3 is 10.6 Å². The Hall–Kier alpha value is -1.07. The van der Waals surface area contributed by atoms with Crippen LogP contribution in [0, 0.1) is 12.8 Å². The third kappa shape index (κ3) is 3.48. The topological polar surface area (TPSA) is 64.2 Å². The van der Waals surface area contributed by atoms with Gasteiger partial charge in [0.05, 0.1) is 5.69 Å². The van der Waals surface area contributed by atoms with Crippen LogP contribution in [0.15, 0.2) is 6.07 Å². The molecule has 2 rings (SSSR count). The summed E-state index contributed by atoms with van der Waals surface area (Å²) >= 11 is 0. The van der Waals surface area contributed by atoms with Gasteiger partial charge in [0.2, 0.25) is 0 Å². The van der Waals surface area contributed by atoms with Crippen LogP contribution in [0.5, 0.6) is 0 Å². The molecule has 6 heteroatoms. The quantitative estimate of drug-likeness (QED) is 0.892. The van der Waals surface area contributed by atoms with E-state index in [2.05, 4.69) is 5.10 Å². The second kappa shape index (κ2) is 6.39. The molecule has 0 bridgehead atoms. The van der Waals surface area contributed by atoms with Crippen molar-refractivity contribution in [1.82, 2.24) is 14.7 Å². The number of nitrogens with two attached hydrogens (primary N) is 1. The minimum Gasteiger partial charge on any atom is -0.337 e. The monoisotopic (exact) mass is 286 g/mol. The molecule has 0 aromatic carbocycles. The maximum absolute atomic E-state index is 12.4. The standard InChI is InChI=1S/C13H22N4O.ClH/c1-9-7-12(16(3)15-9)13(18)17-6-4-5-11(8-17)10(2)14;/h7,10-11H,4-6,8,14H2,1-3H3;1H. The van der Waals surface area contributed by atoms with Crippen molar-refractivity contribution in [3.05, 3.63) is 17.5 Å². The van der Waals surface area contributed by atoms with Crippen LogP contribution >= 0.6 is 12.4 Å². The molecule has 1 aliphatic rings. The van der Waals surface area contributed by atoms with Gasteiger partial charge in [0.1, 0.15) is 5.69 Å². The number of hydrogen-bond donors (Lipinski definition) is 1. The second-order valence-corrected chi connectivity index (χ2v) is 5.31. The first kappa shape index (κ1) is 16.0. The van der Waals surface area contributed by atoms with E-state index in [4.69, 9.17) is 5.73 Å². The Bertz CT molecular complexity index is 444. The molecule has 1 fully saturated rings. The first-order chi connectivity index (χ1) is 8.49. The Labute approximate surface area is 120 Å². The largest absolute Gasteiger partial charge is 0.337 e. The van der Waals surface area contributed by atoms with Gasteiger partial charge in [-0.3, -0.25) is 9.48 Å². The van der Waals surface area contributed by atoms with Crippen LogP contribution in [0.3, 0.4) is 0 Å². The molecule has 0 spiro atoms. The van der Waals surface area contributed by atoms with Crippen molar-refractivity contribution in [1.29, 1.82) is 0 Å². The number of piperidine rings is 1. The number of aryl methyl sites for hydroxylation is 2. The molecule has 1 saturated heterocycles. The number of amides is 1. The van der Waals surface area contributed by atoms with Crippen molar-refractivity contribution in [2.75, 3.05) is 13.1 Å². The first-order valence-electron chi connectivity index (χ1n) is 6.54. The summed E-state index contributed by atoms with van der Waals surface area (Å²) < 4.78 is 1.66. The van der Waals surface area contributed by atoms with Gasteiger partial charge in [-0.15, -0.1) is 12.4 Å². The van der Waals surface area contributed by atoms with Crippen molar-refractivity contribution in [3.8, 4) is 0 Å². The van der Waals surface area contributed by atoms with Gasteiger partial charge in [-0.2, -0.15) is 5.10 Å². The lowest BCUT2D eigenvalue weighted by Crippen LogP contribution is -2.45.